The van der Waals surface area contributed by atoms with Gasteiger partial charge in [0.25, 0.3) is 0 Å². The summed E-state index contributed by atoms with van der Waals surface area (Å²) in [5.41, 5.74) is -5.02. The van der Waals surface area contributed by atoms with Crippen LogP contribution in [0.5, 0.6) is 0 Å². The van der Waals surface area contributed by atoms with Gasteiger partial charge >= 0.3 is 113 Å². The van der Waals surface area contributed by atoms with Gasteiger partial charge in [-0.3, -0.25) is 0 Å². The van der Waals surface area contributed by atoms with E-state index < -0.39 is 41.3 Å². The van der Waals surface area contributed by atoms with Gasteiger partial charge < -0.3 is 0 Å². The Balaban J connectivity index is 2.89. The molecule has 1 nitrogen and oxygen atoms in total. The third-order valence-corrected chi connectivity index (χ3v) is 11.8. The van der Waals surface area contributed by atoms with Crippen molar-refractivity contribution >= 4 is 21.3 Å². The Hall–Kier alpha value is -0.422. The monoisotopic (exact) mass is 408 g/mol. The van der Waals surface area contributed by atoms with Crippen molar-refractivity contribution in [3.05, 3.63) is 29.8 Å². The van der Waals surface area contributed by atoms with Gasteiger partial charge in [0.1, 0.15) is 0 Å². The van der Waals surface area contributed by atoms with Crippen LogP contribution in [0.25, 0.3) is 0 Å². The van der Waals surface area contributed by atoms with Crippen LogP contribution in [0.4, 0.5) is 26.3 Å². The van der Waals surface area contributed by atoms with E-state index in [2.05, 4.69) is 0 Å². The van der Waals surface area contributed by atoms with E-state index in [-0.39, 0.29) is 3.51 Å². The first-order valence-electron chi connectivity index (χ1n) is 5.66. The predicted octanol–water partition coefficient (Wildman–Crippen LogP) is 4.03. The van der Waals surface area contributed by atoms with Crippen LogP contribution in [0.15, 0.2) is 24.3 Å². The number of rotatable bonds is 0. The number of hydrogen-bond acceptors (Lipinski definition) is 1. The van der Waals surface area contributed by atoms with E-state index in [0.717, 1.165) is 6.07 Å². The van der Waals surface area contributed by atoms with Crippen LogP contribution in [0, 0.1) is 0 Å². The molecule has 1 aliphatic rings. The fourth-order valence-corrected chi connectivity index (χ4v) is 11.2. The molecule has 0 radical (unpaired) electrons. The number of hydrogen-bond donors (Lipinski definition) is 0. The summed E-state index contributed by atoms with van der Waals surface area (Å²) in [6, 6.07) is 4.79. The summed E-state index contributed by atoms with van der Waals surface area (Å²) in [6.45, 7) is 0. The fraction of sp³-hybridized carbons (Fsp3) is 0.500. The normalized spacial score (nSPS) is 25.6. The maximum atomic E-state index is 13.3. The molecule has 8 heteroatoms. The van der Waals surface area contributed by atoms with Crippen molar-refractivity contribution in [1.82, 2.24) is 0 Å². The van der Waals surface area contributed by atoms with E-state index in [0.29, 0.717) is 0 Å². The molecule has 0 amide bonds. The van der Waals surface area contributed by atoms with Crippen LogP contribution in [0.2, 0.25) is 14.6 Å². The zero-order valence-electron chi connectivity index (χ0n) is 10.9. The van der Waals surface area contributed by atoms with Crippen LogP contribution >= 0.6 is 0 Å². The van der Waals surface area contributed by atoms with E-state index >= 15 is 0 Å². The predicted molar refractivity (Wildman–Crippen MR) is 64.3 cm³/mol. The molecule has 0 spiro atoms. The second kappa shape index (κ2) is 3.86. The molecule has 114 valence electrons. The Morgan fingerprint density at radius 2 is 1.35 bits per heavy atom. The molecule has 0 aliphatic carbocycles. The number of fused-ring (bicyclic) bond motifs is 1. The first-order valence-corrected chi connectivity index (χ1v) is 15.6. The van der Waals surface area contributed by atoms with Crippen LogP contribution < -0.4 is 3.51 Å². The molecule has 0 bridgehead atoms. The first-order chi connectivity index (χ1) is 8.71. The van der Waals surface area contributed by atoms with E-state index in [1.165, 1.54) is 32.8 Å². The summed E-state index contributed by atoms with van der Waals surface area (Å²) in [6.07, 6.45) is -11.1. The van der Waals surface area contributed by atoms with Crippen LogP contribution in [0.3, 0.4) is 0 Å². The molecule has 0 saturated carbocycles. The summed E-state index contributed by atoms with van der Waals surface area (Å²) >= 11 is -4.62. The van der Waals surface area contributed by atoms with Crippen LogP contribution in [0.1, 0.15) is 5.56 Å². The Morgan fingerprint density at radius 3 is 1.80 bits per heavy atom. The van der Waals surface area contributed by atoms with E-state index in [9.17, 15) is 26.3 Å². The standard InChI is InChI=1S/C9H4F6O.3CH3.Sb/c10-8(11,12)7(16,9(13,14)15)6-4-2-1-3-5-6;;;;/h1-4H;3*1H3;/q-1;;;;+1. The van der Waals surface area contributed by atoms with Crippen molar-refractivity contribution in [3.8, 4) is 0 Å². The molecule has 20 heavy (non-hydrogen) atoms. The van der Waals surface area contributed by atoms with Gasteiger partial charge in [0.05, 0.1) is 0 Å². The molecule has 0 atom stereocenters. The quantitative estimate of drug-likeness (QED) is 0.465. The van der Waals surface area contributed by atoms with Gasteiger partial charge in [-0.1, -0.05) is 0 Å². The summed E-state index contributed by atoms with van der Waals surface area (Å²) in [5.74, 6) is 0. The van der Waals surface area contributed by atoms with Gasteiger partial charge in [-0.15, -0.1) is 0 Å². The molecule has 1 aromatic rings. The molecule has 0 aromatic heterocycles. The molecule has 2 rings (SSSR count). The van der Waals surface area contributed by atoms with E-state index in [1.807, 2.05) is 0 Å². The second-order valence-corrected chi connectivity index (χ2v) is 23.0. The number of alkyl halides is 6. The number of benzene rings is 1. The molecule has 0 unspecified atom stereocenters. The second-order valence-electron chi connectivity index (χ2n) is 5.94. The Labute approximate surface area is 113 Å². The van der Waals surface area contributed by atoms with Gasteiger partial charge in [-0.05, 0) is 0 Å². The Kier molecular flexibility index (Phi) is 3.08. The average molecular weight is 409 g/mol. The van der Waals surface area contributed by atoms with Crippen molar-refractivity contribution in [2.24, 2.45) is 0 Å². The van der Waals surface area contributed by atoms with Gasteiger partial charge in [0.15, 0.2) is 0 Å². The van der Waals surface area contributed by atoms with Crippen LogP contribution in [-0.4, -0.2) is 30.2 Å². The molecular weight excluding hydrogens is 396 g/mol. The Morgan fingerprint density at radius 1 is 0.900 bits per heavy atom. The van der Waals surface area contributed by atoms with Gasteiger partial charge in [0, 0.05) is 0 Å². The maximum absolute atomic E-state index is 13.3. The zero-order valence-corrected chi connectivity index (χ0v) is 13.5. The molecular formula is C12H13F6OSb. The summed E-state index contributed by atoms with van der Waals surface area (Å²) in [7, 11) is 0. The van der Waals surface area contributed by atoms with Crippen molar-refractivity contribution in [3.63, 3.8) is 0 Å². The number of halogens is 6. The third kappa shape index (κ3) is 1.97. The van der Waals surface area contributed by atoms with Crippen molar-refractivity contribution in [1.29, 1.82) is 0 Å². The molecule has 1 aromatic carbocycles. The Bertz CT molecular complexity index is 538. The molecule has 0 N–H and O–H groups in total. The van der Waals surface area contributed by atoms with E-state index in [1.54, 1.807) is 0 Å². The topological polar surface area (TPSA) is 9.23 Å². The average Bonchev–Trinajstić information content (AvgIpc) is 2.43. The molecule has 1 heterocycles. The van der Waals surface area contributed by atoms with E-state index in [4.69, 9.17) is 3.02 Å². The first kappa shape index (κ1) is 16.0. The SMILES string of the molecule is [CH3][Sb]1([CH3])([CH3])[O]C(C(F)(F)F)(C(F)(F)F)c2cccc[c]21. The minimum atomic E-state index is -5.56. The van der Waals surface area contributed by atoms with Crippen molar-refractivity contribution in [2.45, 2.75) is 32.6 Å². The molecule has 0 saturated heterocycles. The fourth-order valence-electron chi connectivity index (χ4n) is 2.58. The third-order valence-electron chi connectivity index (χ3n) is 3.36. The van der Waals surface area contributed by atoms with Gasteiger partial charge in [-0.25, -0.2) is 0 Å². The van der Waals surface area contributed by atoms with Crippen molar-refractivity contribution < 1.29 is 29.4 Å². The van der Waals surface area contributed by atoms with Gasteiger partial charge in [-0.2, -0.15) is 0 Å². The molecule has 1 aliphatic heterocycles. The molecule has 0 fully saturated rings. The zero-order chi connectivity index (χ0) is 15.6. The van der Waals surface area contributed by atoms with Crippen molar-refractivity contribution in [2.75, 3.05) is 0 Å². The van der Waals surface area contributed by atoms with Crippen LogP contribution in [-0.2, 0) is 8.62 Å². The summed E-state index contributed by atoms with van der Waals surface area (Å²) in [5, 5.41) is 0. The summed E-state index contributed by atoms with van der Waals surface area (Å²) in [4.78, 5) is 4.22. The minimum absolute atomic E-state index is 0.0787. The summed E-state index contributed by atoms with van der Waals surface area (Å²) < 4.78 is 84.7. The van der Waals surface area contributed by atoms with Gasteiger partial charge in [0.2, 0.25) is 0 Å².